The number of fused-ring (bicyclic) bond motifs is 2. The van der Waals surface area contributed by atoms with E-state index < -0.39 is 27.3 Å². The number of amides is 1. The maximum atomic E-state index is 13.4. The van der Waals surface area contributed by atoms with Crippen molar-refractivity contribution < 1.29 is 23.1 Å². The van der Waals surface area contributed by atoms with E-state index in [2.05, 4.69) is 29.2 Å². The van der Waals surface area contributed by atoms with Gasteiger partial charge < -0.3 is 14.7 Å². The van der Waals surface area contributed by atoms with Crippen molar-refractivity contribution in [2.75, 3.05) is 18.0 Å². The van der Waals surface area contributed by atoms with Gasteiger partial charge in [0.2, 0.25) is 10.0 Å². The minimum atomic E-state index is -4.10. The fourth-order valence-electron chi connectivity index (χ4n) is 6.22. The van der Waals surface area contributed by atoms with Gasteiger partial charge in [-0.15, -0.1) is 6.58 Å². The lowest BCUT2D eigenvalue weighted by Crippen LogP contribution is -2.43. The highest BCUT2D eigenvalue weighted by Gasteiger charge is 2.37. The number of nitrogens with one attached hydrogen (secondary N) is 1. The predicted octanol–water partition coefficient (Wildman–Crippen LogP) is 7.11. The number of allylic oxidation sites excluding steroid dienone is 2. The summed E-state index contributed by atoms with van der Waals surface area (Å²) in [6, 6.07) is 12.7. The number of aryl methyl sites for hydroxylation is 1. The van der Waals surface area contributed by atoms with E-state index in [9.17, 15) is 23.6 Å². The number of rotatable bonds is 13. The summed E-state index contributed by atoms with van der Waals surface area (Å²) in [6.45, 7) is 7.44. The summed E-state index contributed by atoms with van der Waals surface area (Å²) in [6.07, 6.45) is 12.0. The molecule has 2 aromatic rings. The highest BCUT2D eigenvalue weighted by Crippen LogP contribution is 2.41. The number of benzene rings is 2. The Morgan fingerprint density at radius 1 is 1.22 bits per heavy atom. The molecule has 2 N–H and O–H groups in total. The summed E-state index contributed by atoms with van der Waals surface area (Å²) in [7, 11) is -4.10. The number of anilines is 1. The van der Waals surface area contributed by atoms with Crippen molar-refractivity contribution in [2.24, 2.45) is 11.8 Å². The standard InChI is InChI=1S/C36H46ClN3O5S/c1-3-5-7-12-34(41)32-17-14-28(32)24-40-21-9-8-10-26-22-30(37)16-13-29(26)25-45-35-18-15-27(23-33(35)40)36(42)39-46(43,44)31(19-20-38)11-6-4-2/h4,7,12-13,15-16,18,22-23,28,31-32,34,41H,2-3,5-6,8-11,14,17,19,21,24-25H2,1H3,(H,39,42)/b12-7+/t28-,31+,32+,34-/m0/s1. The molecule has 0 bridgehead atoms. The predicted molar refractivity (Wildman–Crippen MR) is 183 cm³/mol. The largest absolute Gasteiger partial charge is 0.487 e. The van der Waals surface area contributed by atoms with E-state index >= 15 is 0 Å². The number of ether oxygens (including phenoxy) is 1. The number of nitriles is 1. The molecule has 2 aliphatic rings. The van der Waals surface area contributed by atoms with Crippen LogP contribution in [0.15, 0.2) is 61.2 Å². The maximum absolute atomic E-state index is 13.4. The first-order valence-electron chi connectivity index (χ1n) is 16.3. The number of nitrogens with zero attached hydrogens (tertiary/aromatic N) is 2. The van der Waals surface area contributed by atoms with E-state index in [4.69, 9.17) is 16.3 Å². The number of carbonyl (C=O) groups excluding carboxylic acids is 1. The molecule has 0 radical (unpaired) electrons. The number of unbranched alkanes of at least 4 members (excludes halogenated alkanes) is 1. The number of hydrogen-bond acceptors (Lipinski definition) is 7. The van der Waals surface area contributed by atoms with E-state index in [-0.39, 0.29) is 30.2 Å². The van der Waals surface area contributed by atoms with Crippen molar-refractivity contribution in [2.45, 2.75) is 89.1 Å². The minimum Gasteiger partial charge on any atom is -0.487 e. The Kier molecular flexibility index (Phi) is 13.1. The van der Waals surface area contributed by atoms with Gasteiger partial charge in [0.25, 0.3) is 5.91 Å². The topological polar surface area (TPSA) is 120 Å². The normalized spacial score (nSPS) is 19.7. The fraction of sp³-hybridized carbons (Fsp3) is 0.500. The van der Waals surface area contributed by atoms with Crippen LogP contribution < -0.4 is 14.4 Å². The molecule has 2 aromatic carbocycles. The van der Waals surface area contributed by atoms with Crippen LogP contribution in [0.4, 0.5) is 5.69 Å². The second-order valence-electron chi connectivity index (χ2n) is 12.3. The Labute approximate surface area is 279 Å². The number of aliphatic hydroxyl groups excluding tert-OH is 1. The smallest absolute Gasteiger partial charge is 0.264 e. The van der Waals surface area contributed by atoms with Gasteiger partial charge in [0.1, 0.15) is 12.4 Å². The van der Waals surface area contributed by atoms with Crippen LogP contribution in [-0.2, 0) is 23.1 Å². The Morgan fingerprint density at radius 2 is 2.04 bits per heavy atom. The summed E-state index contributed by atoms with van der Waals surface area (Å²) in [4.78, 5) is 15.6. The number of halogens is 1. The third-order valence-electron chi connectivity index (χ3n) is 9.08. The second-order valence-corrected chi connectivity index (χ2v) is 14.7. The second kappa shape index (κ2) is 17.0. The van der Waals surface area contributed by atoms with Gasteiger partial charge in [-0.05, 0) is 105 Å². The number of hydrogen-bond donors (Lipinski definition) is 2. The van der Waals surface area contributed by atoms with Gasteiger partial charge in [-0.25, -0.2) is 13.1 Å². The van der Waals surface area contributed by atoms with E-state index in [1.54, 1.807) is 24.3 Å². The lowest BCUT2D eigenvalue weighted by Gasteiger charge is -2.42. The van der Waals surface area contributed by atoms with Crippen molar-refractivity contribution in [1.82, 2.24) is 4.72 Å². The molecule has 0 saturated heterocycles. The van der Waals surface area contributed by atoms with Crippen molar-refractivity contribution in [3.05, 3.63) is 82.9 Å². The first kappa shape index (κ1) is 35.5. The van der Waals surface area contributed by atoms with Crippen LogP contribution >= 0.6 is 11.6 Å². The molecule has 0 unspecified atom stereocenters. The van der Waals surface area contributed by atoms with Crippen LogP contribution in [0.5, 0.6) is 5.75 Å². The van der Waals surface area contributed by atoms with Crippen LogP contribution in [0.25, 0.3) is 0 Å². The van der Waals surface area contributed by atoms with E-state index in [1.807, 2.05) is 30.3 Å². The average molecular weight is 668 g/mol. The zero-order chi connectivity index (χ0) is 33.1. The highest BCUT2D eigenvalue weighted by atomic mass is 35.5. The molecule has 1 aliphatic carbocycles. The third-order valence-corrected chi connectivity index (χ3v) is 11.1. The molecule has 46 heavy (non-hydrogen) atoms. The van der Waals surface area contributed by atoms with E-state index in [1.165, 1.54) is 0 Å². The average Bonchev–Trinajstić information content (AvgIpc) is 3.04. The van der Waals surface area contributed by atoms with Crippen LogP contribution in [0.1, 0.15) is 86.2 Å². The molecule has 1 heterocycles. The van der Waals surface area contributed by atoms with Gasteiger partial charge in [0.15, 0.2) is 0 Å². The number of carbonyl (C=O) groups is 1. The van der Waals surface area contributed by atoms with Gasteiger partial charge in [-0.2, -0.15) is 5.26 Å². The summed E-state index contributed by atoms with van der Waals surface area (Å²) >= 11 is 6.32. The molecule has 0 aromatic heterocycles. The first-order valence-corrected chi connectivity index (χ1v) is 18.3. The molecule has 8 nitrogen and oxygen atoms in total. The summed E-state index contributed by atoms with van der Waals surface area (Å²) < 4.78 is 34.9. The summed E-state index contributed by atoms with van der Waals surface area (Å²) in [5.74, 6) is 0.238. The molecule has 1 saturated carbocycles. The fourth-order valence-corrected chi connectivity index (χ4v) is 7.70. The molecule has 1 aliphatic heterocycles. The van der Waals surface area contributed by atoms with Crippen molar-refractivity contribution in [3.63, 3.8) is 0 Å². The molecule has 4 atom stereocenters. The summed E-state index contributed by atoms with van der Waals surface area (Å²) in [5.41, 5.74) is 3.09. The lowest BCUT2D eigenvalue weighted by molar-refractivity contribution is 0.0461. The van der Waals surface area contributed by atoms with E-state index in [0.717, 1.165) is 56.1 Å². The van der Waals surface area contributed by atoms with Gasteiger partial charge in [0, 0.05) is 23.7 Å². The van der Waals surface area contributed by atoms with E-state index in [0.29, 0.717) is 42.6 Å². The zero-order valence-electron chi connectivity index (χ0n) is 26.7. The Hall–Kier alpha value is -3.32. The van der Waals surface area contributed by atoms with Crippen molar-refractivity contribution >= 4 is 33.2 Å². The first-order chi connectivity index (χ1) is 22.2. The monoisotopic (exact) mass is 667 g/mol. The van der Waals surface area contributed by atoms with Crippen LogP contribution in [0.3, 0.4) is 0 Å². The third kappa shape index (κ3) is 9.37. The molecule has 0 spiro atoms. The number of aliphatic hydroxyl groups is 1. The molecule has 1 amide bonds. The van der Waals surface area contributed by atoms with Crippen LogP contribution in [0, 0.1) is 23.2 Å². The maximum Gasteiger partial charge on any atom is 0.264 e. The van der Waals surface area contributed by atoms with Gasteiger partial charge in [-0.3, -0.25) is 4.79 Å². The Morgan fingerprint density at radius 3 is 2.76 bits per heavy atom. The highest BCUT2D eigenvalue weighted by molar-refractivity contribution is 7.90. The SMILES string of the molecule is C=CCC[C@H](CC#N)S(=O)(=O)NC(=O)c1ccc2c(c1)N(C[C@@H]1CC[C@H]1[C@@H](O)/C=C/CCC)CCCCc1cc(Cl)ccc1CO2. The molecular weight excluding hydrogens is 622 g/mol. The zero-order valence-corrected chi connectivity index (χ0v) is 28.2. The van der Waals surface area contributed by atoms with Crippen molar-refractivity contribution in [3.8, 4) is 11.8 Å². The molecule has 248 valence electrons. The van der Waals surface area contributed by atoms with Gasteiger partial charge in [0.05, 0.1) is 29.5 Å². The Bertz CT molecular complexity index is 1540. The quantitative estimate of drug-likeness (QED) is 0.218. The van der Waals surface area contributed by atoms with Gasteiger partial charge in [-0.1, -0.05) is 49.2 Å². The van der Waals surface area contributed by atoms with Crippen LogP contribution in [0.2, 0.25) is 5.02 Å². The van der Waals surface area contributed by atoms with Crippen LogP contribution in [-0.4, -0.2) is 43.9 Å². The minimum absolute atomic E-state index is 0.145. The van der Waals surface area contributed by atoms with Gasteiger partial charge >= 0.3 is 0 Å². The molecule has 4 rings (SSSR count). The number of sulfonamides is 1. The molecule has 1 fully saturated rings. The summed E-state index contributed by atoms with van der Waals surface area (Å²) in [5, 5.41) is 19.8. The molecular formula is C36H46ClN3O5S. The lowest BCUT2D eigenvalue weighted by atomic mass is 9.70. The molecule has 10 heteroatoms. The Balaban J connectivity index is 1.64. The van der Waals surface area contributed by atoms with Crippen molar-refractivity contribution in [1.29, 1.82) is 5.26 Å².